The van der Waals surface area contributed by atoms with Gasteiger partial charge in [0.05, 0.1) is 0 Å². The molecule has 0 aliphatic carbocycles. The Kier molecular flexibility index (Phi) is 3.19. The Morgan fingerprint density at radius 3 is 2.90 bits per heavy atom. The first-order chi connectivity index (χ1) is 10.3. The van der Waals surface area contributed by atoms with E-state index in [9.17, 15) is 0 Å². The summed E-state index contributed by atoms with van der Waals surface area (Å²) in [6.07, 6.45) is 3.60. The molecule has 2 nitrogen and oxygen atoms in total. The first kappa shape index (κ1) is 12.9. The van der Waals surface area contributed by atoms with E-state index in [0.717, 1.165) is 26.1 Å². The van der Waals surface area contributed by atoms with Gasteiger partial charge in [-0.25, -0.2) is 0 Å². The molecule has 0 amide bonds. The van der Waals surface area contributed by atoms with Gasteiger partial charge in [0.15, 0.2) is 0 Å². The molecule has 0 bridgehead atoms. The minimum Gasteiger partial charge on any atom is -0.341 e. The fourth-order valence-corrected chi connectivity index (χ4v) is 3.72. The lowest BCUT2D eigenvalue weighted by Gasteiger charge is -2.34. The van der Waals surface area contributed by atoms with Crippen molar-refractivity contribution in [1.82, 2.24) is 5.32 Å². The second-order valence-electron chi connectivity index (χ2n) is 6.23. The second-order valence-corrected chi connectivity index (χ2v) is 6.23. The van der Waals surface area contributed by atoms with Crippen LogP contribution < -0.4 is 10.2 Å². The SMILES string of the molecule is Cc1ccc2c(c1)CCCN2c1cccc2c1CNCC2. The van der Waals surface area contributed by atoms with E-state index in [1.165, 1.54) is 46.5 Å². The summed E-state index contributed by atoms with van der Waals surface area (Å²) in [4.78, 5) is 2.53. The fraction of sp³-hybridized carbons (Fsp3) is 0.368. The lowest BCUT2D eigenvalue weighted by Crippen LogP contribution is -2.29. The topological polar surface area (TPSA) is 15.3 Å². The van der Waals surface area contributed by atoms with Crippen molar-refractivity contribution < 1.29 is 0 Å². The zero-order valence-electron chi connectivity index (χ0n) is 12.7. The first-order valence-electron chi connectivity index (χ1n) is 8.01. The summed E-state index contributed by atoms with van der Waals surface area (Å²) < 4.78 is 0. The fourth-order valence-electron chi connectivity index (χ4n) is 3.72. The molecule has 108 valence electrons. The molecular formula is C19H22N2. The van der Waals surface area contributed by atoms with Crippen LogP contribution in [0.1, 0.15) is 28.7 Å². The average molecular weight is 278 g/mol. The number of benzene rings is 2. The van der Waals surface area contributed by atoms with Gasteiger partial charge < -0.3 is 10.2 Å². The van der Waals surface area contributed by atoms with E-state index >= 15 is 0 Å². The van der Waals surface area contributed by atoms with E-state index in [1.54, 1.807) is 0 Å². The van der Waals surface area contributed by atoms with Crippen molar-refractivity contribution in [3.8, 4) is 0 Å². The third-order valence-electron chi connectivity index (χ3n) is 4.77. The zero-order chi connectivity index (χ0) is 14.2. The van der Waals surface area contributed by atoms with Crippen molar-refractivity contribution in [2.75, 3.05) is 18.0 Å². The molecule has 2 aliphatic heterocycles. The van der Waals surface area contributed by atoms with Gasteiger partial charge in [0.25, 0.3) is 0 Å². The van der Waals surface area contributed by atoms with Crippen LogP contribution in [0.4, 0.5) is 11.4 Å². The summed E-state index contributed by atoms with van der Waals surface area (Å²) in [5.74, 6) is 0. The normalized spacial score (nSPS) is 17.3. The minimum absolute atomic E-state index is 1.00. The lowest BCUT2D eigenvalue weighted by atomic mass is 9.95. The molecule has 0 fully saturated rings. The Morgan fingerprint density at radius 2 is 1.95 bits per heavy atom. The van der Waals surface area contributed by atoms with Crippen LogP contribution in [0.3, 0.4) is 0 Å². The summed E-state index contributed by atoms with van der Waals surface area (Å²) >= 11 is 0. The van der Waals surface area contributed by atoms with Crippen molar-refractivity contribution in [1.29, 1.82) is 0 Å². The van der Waals surface area contributed by atoms with Crippen molar-refractivity contribution in [3.05, 3.63) is 58.7 Å². The summed E-state index contributed by atoms with van der Waals surface area (Å²) in [6.45, 7) is 5.43. The molecule has 0 atom stereocenters. The predicted octanol–water partition coefficient (Wildman–Crippen LogP) is 3.73. The third-order valence-corrected chi connectivity index (χ3v) is 4.77. The maximum Gasteiger partial charge on any atom is 0.0459 e. The predicted molar refractivity (Wildman–Crippen MR) is 88.4 cm³/mol. The highest BCUT2D eigenvalue weighted by Crippen LogP contribution is 2.37. The van der Waals surface area contributed by atoms with E-state index in [-0.39, 0.29) is 0 Å². The second kappa shape index (κ2) is 5.19. The number of nitrogens with one attached hydrogen (secondary N) is 1. The monoisotopic (exact) mass is 278 g/mol. The van der Waals surface area contributed by atoms with E-state index in [0.29, 0.717) is 0 Å². The summed E-state index contributed by atoms with van der Waals surface area (Å²) in [7, 11) is 0. The van der Waals surface area contributed by atoms with Gasteiger partial charge in [-0.1, -0.05) is 29.8 Å². The molecular weight excluding hydrogens is 256 g/mol. The van der Waals surface area contributed by atoms with Crippen molar-refractivity contribution >= 4 is 11.4 Å². The number of fused-ring (bicyclic) bond motifs is 2. The lowest BCUT2D eigenvalue weighted by molar-refractivity contribution is 0.640. The number of aryl methyl sites for hydroxylation is 2. The smallest absolute Gasteiger partial charge is 0.0459 e. The molecule has 0 unspecified atom stereocenters. The Bertz CT molecular complexity index is 675. The molecule has 2 aliphatic rings. The molecule has 0 aromatic heterocycles. The van der Waals surface area contributed by atoms with Crippen LogP contribution >= 0.6 is 0 Å². The summed E-state index contributed by atoms with van der Waals surface area (Å²) in [6, 6.07) is 13.7. The maximum atomic E-state index is 3.53. The van der Waals surface area contributed by atoms with Crippen molar-refractivity contribution in [2.45, 2.75) is 32.7 Å². The van der Waals surface area contributed by atoms with Crippen LogP contribution in [0.25, 0.3) is 0 Å². The number of nitrogens with zero attached hydrogens (tertiary/aromatic N) is 1. The molecule has 2 heterocycles. The zero-order valence-corrected chi connectivity index (χ0v) is 12.7. The quantitative estimate of drug-likeness (QED) is 0.855. The van der Waals surface area contributed by atoms with Gasteiger partial charge >= 0.3 is 0 Å². The maximum absolute atomic E-state index is 3.53. The van der Waals surface area contributed by atoms with E-state index in [4.69, 9.17) is 0 Å². The Morgan fingerprint density at radius 1 is 1.00 bits per heavy atom. The minimum atomic E-state index is 1.00. The van der Waals surface area contributed by atoms with Crippen LogP contribution in [0.5, 0.6) is 0 Å². The Labute approximate surface area is 126 Å². The van der Waals surface area contributed by atoms with E-state index in [2.05, 4.69) is 53.5 Å². The van der Waals surface area contributed by atoms with Crippen LogP contribution in [0, 0.1) is 6.92 Å². The molecule has 0 saturated heterocycles. The average Bonchev–Trinajstić information content (AvgIpc) is 2.53. The molecule has 2 aromatic rings. The summed E-state index contributed by atoms with van der Waals surface area (Å²) in [5.41, 5.74) is 8.70. The van der Waals surface area contributed by atoms with Gasteiger partial charge in [0.2, 0.25) is 0 Å². The molecule has 2 aromatic carbocycles. The largest absolute Gasteiger partial charge is 0.341 e. The molecule has 1 N–H and O–H groups in total. The van der Waals surface area contributed by atoms with Crippen LogP contribution in [-0.4, -0.2) is 13.1 Å². The highest BCUT2D eigenvalue weighted by Gasteiger charge is 2.22. The highest BCUT2D eigenvalue weighted by molar-refractivity contribution is 5.71. The van der Waals surface area contributed by atoms with Gasteiger partial charge in [-0.2, -0.15) is 0 Å². The Balaban J connectivity index is 1.82. The molecule has 0 saturated carbocycles. The van der Waals surface area contributed by atoms with Crippen molar-refractivity contribution in [2.24, 2.45) is 0 Å². The molecule has 0 radical (unpaired) electrons. The van der Waals surface area contributed by atoms with Gasteiger partial charge in [-0.3, -0.25) is 0 Å². The molecule has 2 heteroatoms. The van der Waals surface area contributed by atoms with E-state index < -0.39 is 0 Å². The molecule has 4 rings (SSSR count). The highest BCUT2D eigenvalue weighted by atomic mass is 15.1. The van der Waals surface area contributed by atoms with Crippen LogP contribution in [0.2, 0.25) is 0 Å². The van der Waals surface area contributed by atoms with Gasteiger partial charge in [-0.15, -0.1) is 0 Å². The molecule has 21 heavy (non-hydrogen) atoms. The molecule has 0 spiro atoms. The van der Waals surface area contributed by atoms with Gasteiger partial charge in [-0.05, 0) is 61.6 Å². The Hall–Kier alpha value is -1.80. The standard InChI is InChI=1S/C19H22N2/c1-14-7-8-18-16(12-14)5-3-11-21(18)19-6-2-4-15-9-10-20-13-17(15)19/h2,4,6-8,12,20H,3,5,9-11,13H2,1H3. The van der Waals surface area contributed by atoms with Crippen molar-refractivity contribution in [3.63, 3.8) is 0 Å². The summed E-state index contributed by atoms with van der Waals surface area (Å²) in [5, 5.41) is 3.53. The van der Waals surface area contributed by atoms with E-state index in [1.807, 2.05) is 0 Å². The number of anilines is 2. The number of rotatable bonds is 1. The number of hydrogen-bond donors (Lipinski definition) is 1. The first-order valence-corrected chi connectivity index (χ1v) is 8.01. The van der Waals surface area contributed by atoms with Crippen LogP contribution in [0.15, 0.2) is 36.4 Å². The van der Waals surface area contributed by atoms with Gasteiger partial charge in [0, 0.05) is 24.5 Å². The van der Waals surface area contributed by atoms with Gasteiger partial charge in [0.1, 0.15) is 0 Å². The number of hydrogen-bond acceptors (Lipinski definition) is 2. The van der Waals surface area contributed by atoms with Crippen LogP contribution in [-0.2, 0) is 19.4 Å². The third kappa shape index (κ3) is 2.24.